The maximum atomic E-state index is 12.9. The predicted octanol–water partition coefficient (Wildman–Crippen LogP) is 4.14. The Labute approximate surface area is 226 Å². The second-order valence-electron chi connectivity index (χ2n) is 10.1. The van der Waals surface area contributed by atoms with Crippen LogP contribution in [0.1, 0.15) is 51.4 Å². The van der Waals surface area contributed by atoms with Crippen LogP contribution in [0.2, 0.25) is 0 Å². The Kier molecular flexibility index (Phi) is 10.3. The molecule has 0 bridgehead atoms. The van der Waals surface area contributed by atoms with E-state index in [9.17, 15) is 13.2 Å². The average molecular weight is 545 g/mol. The van der Waals surface area contributed by atoms with Gasteiger partial charge < -0.3 is 24.4 Å². The summed E-state index contributed by atoms with van der Waals surface area (Å²) in [6.45, 7) is 4.08. The van der Waals surface area contributed by atoms with Crippen molar-refractivity contribution in [1.82, 2.24) is 10.2 Å². The van der Waals surface area contributed by atoms with Crippen molar-refractivity contribution in [2.45, 2.75) is 62.3 Å². The molecule has 208 valence electrons. The summed E-state index contributed by atoms with van der Waals surface area (Å²) in [5.41, 5.74) is 1.21. The highest BCUT2D eigenvalue weighted by molar-refractivity contribution is 7.91. The quantitative estimate of drug-likeness (QED) is 0.373. The molecule has 8 nitrogen and oxygen atoms in total. The van der Waals surface area contributed by atoms with Crippen LogP contribution in [0.5, 0.6) is 5.75 Å². The van der Waals surface area contributed by atoms with Gasteiger partial charge in [0.25, 0.3) is 0 Å². The predicted molar refractivity (Wildman–Crippen MR) is 147 cm³/mol. The highest BCUT2D eigenvalue weighted by Crippen LogP contribution is 2.25. The van der Waals surface area contributed by atoms with Gasteiger partial charge in [0.1, 0.15) is 19.0 Å². The third-order valence-electron chi connectivity index (χ3n) is 7.11. The number of hydrogen-bond acceptors (Lipinski definition) is 7. The molecule has 0 spiro atoms. The topological polar surface area (TPSA) is 94.2 Å². The molecule has 1 aromatic rings. The number of unbranched alkanes of at least 4 members (excludes halogenated alkanes) is 2. The summed E-state index contributed by atoms with van der Waals surface area (Å²) in [6.07, 6.45) is 12.4. The fourth-order valence-corrected chi connectivity index (χ4v) is 6.47. The van der Waals surface area contributed by atoms with Gasteiger partial charge in [-0.15, -0.1) is 0 Å². The minimum Gasteiger partial charge on any atom is -0.497 e. The largest absolute Gasteiger partial charge is 0.497 e. The number of ether oxygens (including phenoxy) is 3. The van der Waals surface area contributed by atoms with E-state index in [1.165, 1.54) is 18.4 Å². The Balaban J connectivity index is 1.25. The summed E-state index contributed by atoms with van der Waals surface area (Å²) in [5.74, 6) is 2.28. The average Bonchev–Trinajstić information content (AvgIpc) is 3.33. The Morgan fingerprint density at radius 1 is 1.05 bits per heavy atom. The third kappa shape index (κ3) is 8.36. The Hall–Kier alpha value is -2.78. The number of hydrogen-bond donors (Lipinski definition) is 1. The lowest BCUT2D eigenvalue weighted by atomic mass is 10.0. The summed E-state index contributed by atoms with van der Waals surface area (Å²) in [4.78, 5) is 15.6. The van der Waals surface area contributed by atoms with E-state index in [0.29, 0.717) is 49.5 Å². The molecule has 2 aliphatic heterocycles. The first-order valence-electron chi connectivity index (χ1n) is 13.7. The van der Waals surface area contributed by atoms with Crippen LogP contribution in [0.4, 0.5) is 0 Å². The highest BCUT2D eigenvalue weighted by atomic mass is 32.2. The molecule has 0 aromatic heterocycles. The molecule has 1 aromatic carbocycles. The fraction of sp³-hybridized carbons (Fsp3) is 0.552. The lowest BCUT2D eigenvalue weighted by Gasteiger charge is -2.25. The van der Waals surface area contributed by atoms with Gasteiger partial charge in [-0.05, 0) is 88.0 Å². The van der Waals surface area contributed by atoms with Crippen molar-refractivity contribution in [3.05, 3.63) is 59.6 Å². The molecule has 3 aliphatic rings. The van der Waals surface area contributed by atoms with Gasteiger partial charge in [-0.25, -0.2) is 8.42 Å². The summed E-state index contributed by atoms with van der Waals surface area (Å²) < 4.78 is 41.8. The van der Waals surface area contributed by atoms with Gasteiger partial charge in [-0.2, -0.15) is 0 Å². The molecule has 9 heteroatoms. The molecule has 0 radical (unpaired) electrons. The Bertz CT molecular complexity index is 1130. The molecule has 1 fully saturated rings. The Morgan fingerprint density at radius 2 is 1.79 bits per heavy atom. The van der Waals surface area contributed by atoms with Gasteiger partial charge in [0, 0.05) is 19.0 Å². The molecule has 0 unspecified atom stereocenters. The summed E-state index contributed by atoms with van der Waals surface area (Å²) in [5, 5.41) is 3.26. The standard InChI is InChI=1S/C29H40N2O6S/c1-35-25-11-13-26(14-12-25)38(33,34)19-6-2-3-10-29(32)30-24(22-31-15-4-5-16-31)20-23-8-7-9-27-28(21-23)37-18-17-36-27/h7,9,11-14,21,24H,2-6,8,10,15-20,22H2,1H3,(H,30,32)/t24-/m0/s1. The van der Waals surface area contributed by atoms with E-state index in [4.69, 9.17) is 14.2 Å². The van der Waals surface area contributed by atoms with Gasteiger partial charge in [-0.3, -0.25) is 4.79 Å². The van der Waals surface area contributed by atoms with E-state index in [-0.39, 0.29) is 17.7 Å². The molecule has 1 amide bonds. The zero-order valence-corrected chi connectivity index (χ0v) is 23.1. The van der Waals surface area contributed by atoms with E-state index < -0.39 is 9.84 Å². The number of nitrogens with one attached hydrogen (secondary N) is 1. The number of carbonyl (C=O) groups excluding carboxylic acids is 1. The minimum atomic E-state index is -3.34. The van der Waals surface area contributed by atoms with Crippen molar-refractivity contribution in [2.75, 3.05) is 45.7 Å². The number of sulfone groups is 1. The molecule has 1 saturated heterocycles. The van der Waals surface area contributed by atoms with Crippen LogP contribution < -0.4 is 10.1 Å². The van der Waals surface area contributed by atoms with Crippen LogP contribution in [0.25, 0.3) is 0 Å². The van der Waals surface area contributed by atoms with Crippen molar-refractivity contribution < 1.29 is 27.4 Å². The molecule has 4 rings (SSSR count). The number of methoxy groups -OCH3 is 1. The number of likely N-dealkylation sites (tertiary alicyclic amines) is 1. The zero-order valence-electron chi connectivity index (χ0n) is 22.3. The summed E-state index contributed by atoms with van der Waals surface area (Å²) in [6, 6.07) is 6.48. The molecule has 1 atom stereocenters. The highest BCUT2D eigenvalue weighted by Gasteiger charge is 2.22. The normalized spacial score (nSPS) is 18.6. The van der Waals surface area contributed by atoms with Crippen LogP contribution in [0, 0.1) is 0 Å². The first-order valence-corrected chi connectivity index (χ1v) is 15.3. The number of nitrogens with zero attached hydrogens (tertiary/aromatic N) is 1. The Morgan fingerprint density at radius 3 is 2.53 bits per heavy atom. The van der Waals surface area contributed by atoms with Crippen LogP contribution in [-0.4, -0.2) is 71.0 Å². The first-order chi connectivity index (χ1) is 18.4. The second-order valence-corrected chi connectivity index (χ2v) is 12.2. The molecule has 0 saturated carbocycles. The molecule has 2 heterocycles. The smallest absolute Gasteiger partial charge is 0.220 e. The van der Waals surface area contributed by atoms with Crippen molar-refractivity contribution in [3.8, 4) is 5.75 Å². The lowest BCUT2D eigenvalue weighted by Crippen LogP contribution is -2.43. The second kappa shape index (κ2) is 13.8. The van der Waals surface area contributed by atoms with E-state index >= 15 is 0 Å². The van der Waals surface area contributed by atoms with E-state index in [1.807, 2.05) is 6.08 Å². The fourth-order valence-electron chi connectivity index (χ4n) is 5.10. The van der Waals surface area contributed by atoms with Crippen LogP contribution in [0.3, 0.4) is 0 Å². The molecule has 38 heavy (non-hydrogen) atoms. The molecular formula is C29H40N2O6S. The first kappa shape index (κ1) is 28.2. The van der Waals surface area contributed by atoms with Gasteiger partial charge in [0.15, 0.2) is 21.4 Å². The van der Waals surface area contributed by atoms with Crippen molar-refractivity contribution in [1.29, 1.82) is 0 Å². The van der Waals surface area contributed by atoms with Crippen LogP contribution in [-0.2, 0) is 24.1 Å². The number of carbonyl (C=O) groups is 1. The molecule has 1 N–H and O–H groups in total. The van der Waals surface area contributed by atoms with E-state index in [0.717, 1.165) is 44.0 Å². The minimum absolute atomic E-state index is 0.0161. The molecule has 1 aliphatic carbocycles. The van der Waals surface area contributed by atoms with Gasteiger partial charge in [-0.1, -0.05) is 18.1 Å². The lowest BCUT2D eigenvalue weighted by molar-refractivity contribution is -0.122. The van der Waals surface area contributed by atoms with Crippen molar-refractivity contribution >= 4 is 15.7 Å². The number of benzene rings is 1. The number of allylic oxidation sites excluding steroid dienone is 3. The summed E-state index contributed by atoms with van der Waals surface area (Å²) in [7, 11) is -1.79. The maximum absolute atomic E-state index is 12.9. The van der Waals surface area contributed by atoms with E-state index in [1.54, 1.807) is 31.4 Å². The van der Waals surface area contributed by atoms with Crippen molar-refractivity contribution in [3.63, 3.8) is 0 Å². The number of amides is 1. The molecular weight excluding hydrogens is 504 g/mol. The van der Waals surface area contributed by atoms with Gasteiger partial charge >= 0.3 is 0 Å². The van der Waals surface area contributed by atoms with Crippen molar-refractivity contribution in [2.24, 2.45) is 0 Å². The third-order valence-corrected chi connectivity index (χ3v) is 8.93. The summed E-state index contributed by atoms with van der Waals surface area (Å²) >= 11 is 0. The van der Waals surface area contributed by atoms with Crippen LogP contribution >= 0.6 is 0 Å². The van der Waals surface area contributed by atoms with E-state index in [2.05, 4.69) is 22.4 Å². The zero-order chi connectivity index (χ0) is 26.8. The van der Waals surface area contributed by atoms with Crippen LogP contribution in [0.15, 0.2) is 64.5 Å². The maximum Gasteiger partial charge on any atom is 0.220 e. The SMILES string of the molecule is COc1ccc(S(=O)(=O)CCCCCC(=O)N[C@@H](CC2=CC3=C(C=CC2)OCCO3)CN2CCCC2)cc1. The monoisotopic (exact) mass is 544 g/mol. The van der Waals surface area contributed by atoms with Gasteiger partial charge in [0.05, 0.1) is 17.8 Å². The number of rotatable bonds is 13. The van der Waals surface area contributed by atoms with Gasteiger partial charge in [0.2, 0.25) is 5.91 Å².